The molecule has 0 radical (unpaired) electrons. The van der Waals surface area contributed by atoms with Gasteiger partial charge in [0.05, 0.1) is 18.2 Å². The van der Waals surface area contributed by atoms with E-state index >= 15 is 0 Å². The van der Waals surface area contributed by atoms with E-state index in [0.717, 1.165) is 0 Å². The van der Waals surface area contributed by atoms with Crippen LogP contribution in [0.3, 0.4) is 0 Å². The zero-order valence-electron chi connectivity index (χ0n) is 8.33. The maximum absolute atomic E-state index is 12.9. The average Bonchev–Trinajstić information content (AvgIpc) is 2.19. The number of aliphatic hydroxyl groups excluding tert-OH is 1. The van der Waals surface area contributed by atoms with Gasteiger partial charge in [-0.2, -0.15) is 13.2 Å². The van der Waals surface area contributed by atoms with Crippen molar-refractivity contribution in [2.24, 2.45) is 5.73 Å². The number of benzene rings is 1. The van der Waals surface area contributed by atoms with E-state index in [2.05, 4.69) is 0 Å². The third kappa shape index (κ3) is 3.21. The molecular weight excluding hydrogens is 266 g/mol. The van der Waals surface area contributed by atoms with Gasteiger partial charge in [-0.3, -0.25) is 0 Å². The van der Waals surface area contributed by atoms with Crippen molar-refractivity contribution in [2.45, 2.75) is 12.2 Å². The summed E-state index contributed by atoms with van der Waals surface area (Å²) in [5, 5.41) is 17.8. The molecule has 17 heavy (non-hydrogen) atoms. The summed E-state index contributed by atoms with van der Waals surface area (Å²) in [5.74, 6) is -2.40. The van der Waals surface area contributed by atoms with Gasteiger partial charge in [0, 0.05) is 5.56 Å². The Hall–Kier alpha value is -1.05. The highest BCUT2D eigenvalue weighted by Crippen LogP contribution is 2.39. The van der Waals surface area contributed by atoms with Crippen molar-refractivity contribution in [1.29, 1.82) is 0 Å². The maximum atomic E-state index is 12.9. The molecule has 0 fully saturated rings. The number of hydrogen-bond donors (Lipinski definition) is 3. The van der Waals surface area contributed by atoms with Crippen molar-refractivity contribution in [3.8, 4) is 5.75 Å². The molecule has 3 nitrogen and oxygen atoms in total. The molecule has 0 bridgehead atoms. The maximum Gasteiger partial charge on any atom is 0.416 e. The average molecular weight is 276 g/mol. The van der Waals surface area contributed by atoms with Crippen molar-refractivity contribution >= 4 is 12.4 Å². The Morgan fingerprint density at radius 2 is 1.82 bits per heavy atom. The lowest BCUT2D eigenvalue weighted by molar-refractivity contribution is -0.138. The Morgan fingerprint density at radius 3 is 2.24 bits per heavy atom. The standard InChI is InChI=1S/C9H9F4NO2.ClH/c10-5-2-1-4(9(11,12)13)7(8(5)16)6(14)3-15;/h1-2,6,15-16H,3,14H2;1H/t6-;/m1./s1. The number of rotatable bonds is 2. The van der Waals surface area contributed by atoms with Crippen LogP contribution in [0, 0.1) is 5.82 Å². The Kier molecular flexibility index (Phi) is 5.18. The van der Waals surface area contributed by atoms with Crippen molar-refractivity contribution in [2.75, 3.05) is 6.61 Å². The molecule has 0 heterocycles. The number of aliphatic hydroxyl groups is 1. The van der Waals surface area contributed by atoms with Crippen LogP contribution in [0.25, 0.3) is 0 Å². The second-order valence-electron chi connectivity index (χ2n) is 3.14. The predicted molar refractivity (Wildman–Crippen MR) is 54.3 cm³/mol. The van der Waals surface area contributed by atoms with Crippen LogP contribution in [0.2, 0.25) is 0 Å². The van der Waals surface area contributed by atoms with Crippen molar-refractivity contribution in [3.05, 3.63) is 29.1 Å². The van der Waals surface area contributed by atoms with Crippen LogP contribution in [0.1, 0.15) is 17.2 Å². The lowest BCUT2D eigenvalue weighted by atomic mass is 9.99. The van der Waals surface area contributed by atoms with E-state index in [1.165, 1.54) is 0 Å². The molecule has 0 aliphatic rings. The van der Waals surface area contributed by atoms with E-state index < -0.39 is 41.5 Å². The van der Waals surface area contributed by atoms with Gasteiger partial charge in [-0.25, -0.2) is 4.39 Å². The van der Waals surface area contributed by atoms with Gasteiger partial charge in [0.1, 0.15) is 0 Å². The zero-order valence-corrected chi connectivity index (χ0v) is 9.15. The molecule has 1 aromatic carbocycles. The van der Waals surface area contributed by atoms with Gasteiger partial charge < -0.3 is 15.9 Å². The molecule has 0 spiro atoms. The Balaban J connectivity index is 0.00000256. The Morgan fingerprint density at radius 1 is 1.29 bits per heavy atom. The molecule has 1 aromatic rings. The minimum atomic E-state index is -4.77. The Labute approximate surface area is 100 Å². The van der Waals surface area contributed by atoms with E-state index in [0.29, 0.717) is 12.1 Å². The Bertz CT molecular complexity index is 397. The zero-order chi connectivity index (χ0) is 12.5. The monoisotopic (exact) mass is 275 g/mol. The van der Waals surface area contributed by atoms with Crippen molar-refractivity contribution in [1.82, 2.24) is 0 Å². The molecule has 0 aliphatic heterocycles. The largest absolute Gasteiger partial charge is 0.505 e. The number of nitrogens with two attached hydrogens (primary N) is 1. The highest BCUT2D eigenvalue weighted by molar-refractivity contribution is 5.85. The molecule has 0 saturated heterocycles. The number of aromatic hydroxyl groups is 1. The van der Waals surface area contributed by atoms with Crippen LogP contribution < -0.4 is 5.73 Å². The summed E-state index contributed by atoms with van der Waals surface area (Å²) in [6, 6.07) is -0.529. The van der Waals surface area contributed by atoms with Crippen LogP contribution in [-0.2, 0) is 6.18 Å². The lowest BCUT2D eigenvalue weighted by Crippen LogP contribution is -2.20. The summed E-state index contributed by atoms with van der Waals surface area (Å²) in [7, 11) is 0. The van der Waals surface area contributed by atoms with E-state index in [1.54, 1.807) is 0 Å². The van der Waals surface area contributed by atoms with Crippen LogP contribution in [0.4, 0.5) is 17.6 Å². The van der Waals surface area contributed by atoms with Crippen LogP contribution >= 0.6 is 12.4 Å². The van der Waals surface area contributed by atoms with E-state index in [1.807, 2.05) is 0 Å². The van der Waals surface area contributed by atoms with Gasteiger partial charge in [0.2, 0.25) is 0 Å². The van der Waals surface area contributed by atoms with E-state index in [-0.39, 0.29) is 12.4 Å². The number of hydrogen-bond acceptors (Lipinski definition) is 3. The quantitative estimate of drug-likeness (QED) is 0.723. The van der Waals surface area contributed by atoms with Gasteiger partial charge >= 0.3 is 6.18 Å². The predicted octanol–water partition coefficient (Wildman–Crippen LogP) is 1.96. The molecule has 1 rings (SSSR count). The molecule has 98 valence electrons. The van der Waals surface area contributed by atoms with Gasteiger partial charge in [0.15, 0.2) is 11.6 Å². The summed E-state index contributed by atoms with van der Waals surface area (Å²) in [6.45, 7) is -0.833. The first-order chi connectivity index (χ1) is 7.29. The summed E-state index contributed by atoms with van der Waals surface area (Å²) in [5.41, 5.74) is 3.09. The molecule has 0 aromatic heterocycles. The minimum absolute atomic E-state index is 0. The normalized spacial score (nSPS) is 13.1. The third-order valence-corrected chi connectivity index (χ3v) is 2.04. The number of halogens is 5. The van der Waals surface area contributed by atoms with Gasteiger partial charge in [-0.15, -0.1) is 12.4 Å². The first-order valence-electron chi connectivity index (χ1n) is 4.24. The molecule has 4 N–H and O–H groups in total. The summed E-state index contributed by atoms with van der Waals surface area (Å²) in [4.78, 5) is 0. The fourth-order valence-corrected chi connectivity index (χ4v) is 1.30. The van der Waals surface area contributed by atoms with Crippen molar-refractivity contribution in [3.63, 3.8) is 0 Å². The molecule has 8 heteroatoms. The molecule has 0 amide bonds. The summed E-state index contributed by atoms with van der Waals surface area (Å²) < 4.78 is 50.3. The van der Waals surface area contributed by atoms with Crippen LogP contribution in [0.5, 0.6) is 5.75 Å². The number of phenols is 1. The third-order valence-electron chi connectivity index (χ3n) is 2.04. The number of alkyl halides is 3. The SMILES string of the molecule is Cl.N[C@H](CO)c1c(C(F)(F)F)ccc(F)c1O. The first kappa shape index (κ1) is 16.0. The molecule has 1 atom stereocenters. The fraction of sp³-hybridized carbons (Fsp3) is 0.333. The van der Waals surface area contributed by atoms with E-state index in [4.69, 9.17) is 10.8 Å². The second kappa shape index (κ2) is 5.52. The first-order valence-corrected chi connectivity index (χ1v) is 4.24. The van der Waals surface area contributed by atoms with Gasteiger partial charge in [0.25, 0.3) is 0 Å². The lowest BCUT2D eigenvalue weighted by Gasteiger charge is -2.18. The molecule has 0 unspecified atom stereocenters. The smallest absolute Gasteiger partial charge is 0.416 e. The van der Waals surface area contributed by atoms with Gasteiger partial charge in [-0.05, 0) is 12.1 Å². The fourth-order valence-electron chi connectivity index (χ4n) is 1.30. The van der Waals surface area contributed by atoms with Crippen LogP contribution in [0.15, 0.2) is 12.1 Å². The molecule has 0 aliphatic carbocycles. The topological polar surface area (TPSA) is 66.5 Å². The summed E-state index contributed by atoms with van der Waals surface area (Å²) in [6.07, 6.45) is -4.77. The highest BCUT2D eigenvalue weighted by atomic mass is 35.5. The molecular formula is C9H10ClF4NO2. The van der Waals surface area contributed by atoms with E-state index in [9.17, 15) is 22.7 Å². The molecule has 0 saturated carbocycles. The summed E-state index contributed by atoms with van der Waals surface area (Å²) >= 11 is 0. The van der Waals surface area contributed by atoms with Crippen molar-refractivity contribution < 1.29 is 27.8 Å². The number of phenolic OH excluding ortho intramolecular Hbond substituents is 1. The highest BCUT2D eigenvalue weighted by Gasteiger charge is 2.36. The second-order valence-corrected chi connectivity index (χ2v) is 3.14. The minimum Gasteiger partial charge on any atom is -0.505 e. The van der Waals surface area contributed by atoms with Gasteiger partial charge in [-0.1, -0.05) is 0 Å². The van der Waals surface area contributed by atoms with Crippen LogP contribution in [-0.4, -0.2) is 16.8 Å².